The Hall–Kier alpha value is -1.35. The van der Waals surface area contributed by atoms with E-state index in [1.54, 1.807) is 0 Å². The molecule has 0 aliphatic carbocycles. The zero-order chi connectivity index (χ0) is 14.3. The van der Waals surface area contributed by atoms with Crippen molar-refractivity contribution in [1.82, 2.24) is 5.32 Å². The van der Waals surface area contributed by atoms with E-state index in [9.17, 15) is 4.79 Å². The fraction of sp³-hybridized carbons (Fsp3) is 0.562. The van der Waals surface area contributed by atoms with Crippen LogP contribution in [0.3, 0.4) is 0 Å². The van der Waals surface area contributed by atoms with Crippen molar-refractivity contribution in [1.29, 1.82) is 0 Å². The summed E-state index contributed by atoms with van der Waals surface area (Å²) < 4.78 is 0. The summed E-state index contributed by atoms with van der Waals surface area (Å²) in [6, 6.07) is 7.84. The molecule has 0 radical (unpaired) electrons. The van der Waals surface area contributed by atoms with Crippen LogP contribution < -0.4 is 11.1 Å². The quantitative estimate of drug-likeness (QED) is 0.742. The highest BCUT2D eigenvalue weighted by molar-refractivity contribution is 5.94. The second-order valence-corrected chi connectivity index (χ2v) is 5.52. The number of carbonyl (C=O) groups is 1. The van der Waals surface area contributed by atoms with E-state index in [1.165, 1.54) is 5.56 Å². The Morgan fingerprint density at radius 1 is 1.21 bits per heavy atom. The van der Waals surface area contributed by atoms with E-state index in [0.29, 0.717) is 18.4 Å². The number of amides is 1. The molecule has 1 rings (SSSR count). The Balaban J connectivity index is 2.37. The zero-order valence-corrected chi connectivity index (χ0v) is 12.3. The van der Waals surface area contributed by atoms with Gasteiger partial charge in [-0.1, -0.05) is 32.9 Å². The molecule has 0 saturated heterocycles. The first-order valence-corrected chi connectivity index (χ1v) is 7.12. The maximum absolute atomic E-state index is 11.9. The standard InChI is InChI=1S/C16H26N2O/c1-12(2)14-6-8-15(9-7-14)16(19)18-10-4-5-13(3)11-17/h6-9,12-13H,4-5,10-11,17H2,1-3H3,(H,18,19). The number of hydrogen-bond acceptors (Lipinski definition) is 2. The van der Waals surface area contributed by atoms with Crippen molar-refractivity contribution < 1.29 is 4.79 Å². The van der Waals surface area contributed by atoms with Gasteiger partial charge in [0.15, 0.2) is 0 Å². The number of carbonyl (C=O) groups excluding carboxylic acids is 1. The molecular formula is C16H26N2O. The topological polar surface area (TPSA) is 55.1 Å². The van der Waals surface area contributed by atoms with Crippen molar-refractivity contribution in [2.45, 2.75) is 39.5 Å². The lowest BCUT2D eigenvalue weighted by Gasteiger charge is -2.10. The van der Waals surface area contributed by atoms with Crippen LogP contribution in [0.15, 0.2) is 24.3 Å². The van der Waals surface area contributed by atoms with Crippen molar-refractivity contribution in [2.75, 3.05) is 13.1 Å². The van der Waals surface area contributed by atoms with Crippen LogP contribution in [-0.4, -0.2) is 19.0 Å². The van der Waals surface area contributed by atoms with Gasteiger partial charge >= 0.3 is 0 Å². The number of nitrogens with two attached hydrogens (primary N) is 1. The summed E-state index contributed by atoms with van der Waals surface area (Å²) in [5.41, 5.74) is 7.55. The highest BCUT2D eigenvalue weighted by Gasteiger charge is 2.06. The molecule has 0 aliphatic heterocycles. The average Bonchev–Trinajstić information content (AvgIpc) is 2.43. The van der Waals surface area contributed by atoms with Gasteiger partial charge in [-0.2, -0.15) is 0 Å². The molecule has 0 spiro atoms. The number of rotatable bonds is 7. The minimum absolute atomic E-state index is 0.00991. The van der Waals surface area contributed by atoms with Crippen LogP contribution in [0.1, 0.15) is 55.5 Å². The summed E-state index contributed by atoms with van der Waals surface area (Å²) in [7, 11) is 0. The molecule has 106 valence electrons. The molecule has 3 nitrogen and oxygen atoms in total. The van der Waals surface area contributed by atoms with Gasteiger partial charge in [0.25, 0.3) is 5.91 Å². The molecule has 1 amide bonds. The Morgan fingerprint density at radius 3 is 2.37 bits per heavy atom. The molecule has 0 aliphatic rings. The Kier molecular flexibility index (Phi) is 6.57. The number of nitrogens with one attached hydrogen (secondary N) is 1. The Labute approximate surface area is 116 Å². The van der Waals surface area contributed by atoms with Gasteiger partial charge in [0.1, 0.15) is 0 Å². The molecule has 1 atom stereocenters. The lowest BCUT2D eigenvalue weighted by atomic mass is 10.0. The first-order chi connectivity index (χ1) is 9.04. The summed E-state index contributed by atoms with van der Waals surface area (Å²) in [6.07, 6.45) is 2.04. The molecule has 3 N–H and O–H groups in total. The van der Waals surface area contributed by atoms with Gasteiger partial charge < -0.3 is 11.1 Å². The third kappa shape index (κ3) is 5.43. The molecule has 3 heteroatoms. The van der Waals surface area contributed by atoms with Crippen molar-refractivity contribution >= 4 is 5.91 Å². The molecule has 1 aromatic carbocycles. The maximum atomic E-state index is 11.9. The largest absolute Gasteiger partial charge is 0.352 e. The first kappa shape index (κ1) is 15.7. The SMILES string of the molecule is CC(CN)CCCNC(=O)c1ccc(C(C)C)cc1. The van der Waals surface area contributed by atoms with Crippen LogP contribution in [-0.2, 0) is 0 Å². The summed E-state index contributed by atoms with van der Waals surface area (Å²) in [5, 5.41) is 2.95. The molecule has 0 fully saturated rings. The van der Waals surface area contributed by atoms with E-state index in [-0.39, 0.29) is 5.91 Å². The summed E-state index contributed by atoms with van der Waals surface area (Å²) in [4.78, 5) is 11.9. The Bertz CT molecular complexity index is 384. The van der Waals surface area contributed by atoms with Crippen molar-refractivity contribution in [2.24, 2.45) is 11.7 Å². The van der Waals surface area contributed by atoms with E-state index in [4.69, 9.17) is 5.73 Å². The Morgan fingerprint density at radius 2 is 1.84 bits per heavy atom. The molecule has 0 saturated carbocycles. The van der Waals surface area contributed by atoms with Crippen molar-refractivity contribution in [3.63, 3.8) is 0 Å². The van der Waals surface area contributed by atoms with E-state index < -0.39 is 0 Å². The summed E-state index contributed by atoms with van der Waals surface area (Å²) in [5.74, 6) is 1.03. The highest BCUT2D eigenvalue weighted by Crippen LogP contribution is 2.14. The molecule has 0 heterocycles. The smallest absolute Gasteiger partial charge is 0.251 e. The molecule has 1 aromatic rings. The maximum Gasteiger partial charge on any atom is 0.251 e. The van der Waals surface area contributed by atoms with Crippen LogP contribution in [0, 0.1) is 5.92 Å². The van der Waals surface area contributed by atoms with Gasteiger partial charge in [-0.3, -0.25) is 4.79 Å². The van der Waals surface area contributed by atoms with Crippen LogP contribution in [0.5, 0.6) is 0 Å². The second kappa shape index (κ2) is 7.95. The van der Waals surface area contributed by atoms with Crippen LogP contribution >= 0.6 is 0 Å². The van der Waals surface area contributed by atoms with Gasteiger partial charge in [0.05, 0.1) is 0 Å². The highest BCUT2D eigenvalue weighted by atomic mass is 16.1. The van der Waals surface area contributed by atoms with E-state index >= 15 is 0 Å². The number of hydrogen-bond donors (Lipinski definition) is 2. The minimum atomic E-state index is 0.00991. The predicted molar refractivity (Wildman–Crippen MR) is 80.3 cm³/mol. The monoisotopic (exact) mass is 262 g/mol. The fourth-order valence-electron chi connectivity index (χ4n) is 1.89. The van der Waals surface area contributed by atoms with Gasteiger partial charge in [-0.15, -0.1) is 0 Å². The molecule has 0 aromatic heterocycles. The van der Waals surface area contributed by atoms with Crippen LogP contribution in [0.25, 0.3) is 0 Å². The predicted octanol–water partition coefficient (Wildman–Crippen LogP) is 2.91. The fourth-order valence-corrected chi connectivity index (χ4v) is 1.89. The van der Waals surface area contributed by atoms with Crippen molar-refractivity contribution in [3.8, 4) is 0 Å². The molecule has 0 bridgehead atoms. The normalized spacial score (nSPS) is 12.5. The minimum Gasteiger partial charge on any atom is -0.352 e. The lowest BCUT2D eigenvalue weighted by Crippen LogP contribution is -2.25. The van der Waals surface area contributed by atoms with E-state index in [0.717, 1.165) is 24.9 Å². The van der Waals surface area contributed by atoms with Gasteiger partial charge in [-0.25, -0.2) is 0 Å². The van der Waals surface area contributed by atoms with Crippen molar-refractivity contribution in [3.05, 3.63) is 35.4 Å². The number of benzene rings is 1. The molecular weight excluding hydrogens is 236 g/mol. The van der Waals surface area contributed by atoms with Crippen LogP contribution in [0.2, 0.25) is 0 Å². The second-order valence-electron chi connectivity index (χ2n) is 5.52. The lowest BCUT2D eigenvalue weighted by molar-refractivity contribution is 0.0952. The van der Waals surface area contributed by atoms with E-state index in [1.807, 2.05) is 24.3 Å². The van der Waals surface area contributed by atoms with Gasteiger partial charge in [-0.05, 0) is 48.9 Å². The van der Waals surface area contributed by atoms with Gasteiger partial charge in [0, 0.05) is 12.1 Å². The summed E-state index contributed by atoms with van der Waals surface area (Å²) in [6.45, 7) is 7.85. The third-order valence-corrected chi connectivity index (χ3v) is 3.40. The van der Waals surface area contributed by atoms with Gasteiger partial charge in [0.2, 0.25) is 0 Å². The summed E-state index contributed by atoms with van der Waals surface area (Å²) >= 11 is 0. The van der Waals surface area contributed by atoms with Crippen LogP contribution in [0.4, 0.5) is 0 Å². The molecule has 19 heavy (non-hydrogen) atoms. The first-order valence-electron chi connectivity index (χ1n) is 7.12. The third-order valence-electron chi connectivity index (χ3n) is 3.40. The van der Waals surface area contributed by atoms with E-state index in [2.05, 4.69) is 26.1 Å². The zero-order valence-electron chi connectivity index (χ0n) is 12.3. The average molecular weight is 262 g/mol. The molecule has 1 unspecified atom stereocenters.